The Kier molecular flexibility index (Phi) is 11.6. The summed E-state index contributed by atoms with van der Waals surface area (Å²) in [4.78, 5) is 55.0. The van der Waals surface area contributed by atoms with Crippen LogP contribution in [0.5, 0.6) is 0 Å². The Hall–Kier alpha value is -2.68. The standard InChI is InChI=1S/C17H28N6O7S/c1-31-3-2-11(17(29)30)21-16(28)13(7-25)23-15(27)12(4-9-5-19-8-20-9)22-14(26)10(18)6-24/h5,8,10-13,24-25H,2-4,6-7,18H2,1H3,(H,19,20)(H,21,28)(H,22,26)(H,23,27)(H,29,30). The molecule has 0 aromatic carbocycles. The highest BCUT2D eigenvalue weighted by atomic mass is 32.2. The summed E-state index contributed by atoms with van der Waals surface area (Å²) >= 11 is 1.40. The van der Waals surface area contributed by atoms with Gasteiger partial charge >= 0.3 is 5.97 Å². The molecule has 4 unspecified atom stereocenters. The number of carbonyl (C=O) groups is 4. The summed E-state index contributed by atoms with van der Waals surface area (Å²) in [6.07, 6.45) is 4.70. The summed E-state index contributed by atoms with van der Waals surface area (Å²) in [6.45, 7) is -1.44. The number of carboxylic acid groups (broad SMARTS) is 1. The first kappa shape index (κ1) is 26.4. The molecule has 4 atom stereocenters. The molecule has 9 N–H and O–H groups in total. The number of aliphatic hydroxyl groups is 2. The number of aliphatic hydroxyl groups excluding tert-OH is 2. The average molecular weight is 461 g/mol. The molecule has 1 aromatic heterocycles. The third-order valence-corrected chi connectivity index (χ3v) is 4.83. The third-order valence-electron chi connectivity index (χ3n) is 4.19. The number of thioether (sulfide) groups is 1. The molecule has 1 aromatic rings. The molecule has 1 heterocycles. The number of nitrogens with zero attached hydrogens (tertiary/aromatic N) is 1. The third kappa shape index (κ3) is 8.92. The molecule has 1 rings (SSSR count). The minimum Gasteiger partial charge on any atom is -0.480 e. The fourth-order valence-electron chi connectivity index (χ4n) is 2.42. The predicted octanol–water partition coefficient (Wildman–Crippen LogP) is -3.44. The fraction of sp³-hybridized carbons (Fsp3) is 0.588. The van der Waals surface area contributed by atoms with Crippen LogP contribution in [0.25, 0.3) is 0 Å². The van der Waals surface area contributed by atoms with E-state index in [1.807, 2.05) is 0 Å². The summed E-state index contributed by atoms with van der Waals surface area (Å²) < 4.78 is 0. The van der Waals surface area contributed by atoms with Gasteiger partial charge in [-0.1, -0.05) is 0 Å². The van der Waals surface area contributed by atoms with E-state index < -0.39 is 61.1 Å². The monoisotopic (exact) mass is 460 g/mol. The van der Waals surface area contributed by atoms with Crippen LogP contribution in [0.2, 0.25) is 0 Å². The minimum atomic E-state index is -1.45. The lowest BCUT2D eigenvalue weighted by atomic mass is 10.1. The minimum absolute atomic E-state index is 0.0407. The lowest BCUT2D eigenvalue weighted by molar-refractivity contribution is -0.142. The molecule has 0 aliphatic heterocycles. The molecular weight excluding hydrogens is 432 g/mol. The zero-order valence-electron chi connectivity index (χ0n) is 16.9. The normalized spacial score (nSPS) is 14.7. The zero-order chi connectivity index (χ0) is 23.4. The van der Waals surface area contributed by atoms with E-state index in [2.05, 4.69) is 25.9 Å². The van der Waals surface area contributed by atoms with Crippen LogP contribution in [0.4, 0.5) is 0 Å². The molecule has 3 amide bonds. The van der Waals surface area contributed by atoms with Crippen LogP contribution in [0.1, 0.15) is 12.1 Å². The molecular formula is C17H28N6O7S. The largest absolute Gasteiger partial charge is 0.480 e. The van der Waals surface area contributed by atoms with Crippen LogP contribution in [0.3, 0.4) is 0 Å². The number of amides is 3. The molecule has 0 aliphatic carbocycles. The van der Waals surface area contributed by atoms with Crippen LogP contribution in [0, 0.1) is 0 Å². The van der Waals surface area contributed by atoms with Gasteiger partial charge in [-0.05, 0) is 18.4 Å². The second kappa shape index (κ2) is 13.6. The smallest absolute Gasteiger partial charge is 0.326 e. The summed E-state index contributed by atoms with van der Waals surface area (Å²) in [5.41, 5.74) is 5.95. The van der Waals surface area contributed by atoms with E-state index in [0.29, 0.717) is 11.4 Å². The van der Waals surface area contributed by atoms with Gasteiger partial charge in [0.2, 0.25) is 17.7 Å². The van der Waals surface area contributed by atoms with Crippen molar-refractivity contribution < 1.29 is 34.5 Å². The van der Waals surface area contributed by atoms with Gasteiger partial charge in [-0.25, -0.2) is 9.78 Å². The summed E-state index contributed by atoms with van der Waals surface area (Å²) in [5.74, 6) is -3.26. The Labute approximate surface area is 182 Å². The van der Waals surface area contributed by atoms with Crippen molar-refractivity contribution in [3.63, 3.8) is 0 Å². The number of imidazole rings is 1. The second-order valence-electron chi connectivity index (χ2n) is 6.56. The summed E-state index contributed by atoms with van der Waals surface area (Å²) in [7, 11) is 0. The van der Waals surface area contributed by atoms with Gasteiger partial charge in [0.15, 0.2) is 0 Å². The number of hydrogen-bond acceptors (Lipinski definition) is 9. The second-order valence-corrected chi connectivity index (χ2v) is 7.54. The maximum Gasteiger partial charge on any atom is 0.326 e. The maximum absolute atomic E-state index is 12.7. The number of rotatable bonds is 14. The van der Waals surface area contributed by atoms with Crippen LogP contribution < -0.4 is 21.7 Å². The van der Waals surface area contributed by atoms with Gasteiger partial charge in [0.1, 0.15) is 24.2 Å². The van der Waals surface area contributed by atoms with Crippen molar-refractivity contribution in [1.29, 1.82) is 0 Å². The van der Waals surface area contributed by atoms with Crippen LogP contribution >= 0.6 is 11.8 Å². The van der Waals surface area contributed by atoms with Crippen LogP contribution in [-0.2, 0) is 25.6 Å². The number of carbonyl (C=O) groups excluding carboxylic acids is 3. The molecule has 31 heavy (non-hydrogen) atoms. The van der Waals surface area contributed by atoms with Crippen molar-refractivity contribution in [2.75, 3.05) is 25.2 Å². The first-order valence-corrected chi connectivity index (χ1v) is 10.7. The van der Waals surface area contributed by atoms with Crippen molar-refractivity contribution in [1.82, 2.24) is 25.9 Å². The van der Waals surface area contributed by atoms with Gasteiger partial charge in [-0.3, -0.25) is 14.4 Å². The number of H-pyrrole nitrogens is 1. The Morgan fingerprint density at radius 2 is 1.68 bits per heavy atom. The molecule has 13 nitrogen and oxygen atoms in total. The van der Waals surface area contributed by atoms with E-state index in [1.165, 1.54) is 24.3 Å². The Balaban J connectivity index is 2.87. The van der Waals surface area contributed by atoms with Gasteiger partial charge in [0, 0.05) is 18.3 Å². The molecule has 0 saturated carbocycles. The number of nitrogens with two attached hydrogens (primary N) is 1. The summed E-state index contributed by atoms with van der Waals surface area (Å²) in [5, 5.41) is 34.7. The summed E-state index contributed by atoms with van der Waals surface area (Å²) in [6, 6.07) is -5.11. The Morgan fingerprint density at radius 1 is 1.06 bits per heavy atom. The van der Waals surface area contributed by atoms with E-state index in [-0.39, 0.29) is 12.8 Å². The van der Waals surface area contributed by atoms with Crippen LogP contribution in [-0.4, -0.2) is 98.4 Å². The number of nitrogens with one attached hydrogen (secondary N) is 4. The number of hydrogen-bond donors (Lipinski definition) is 8. The lowest BCUT2D eigenvalue weighted by Gasteiger charge is -2.24. The van der Waals surface area contributed by atoms with E-state index in [4.69, 9.17) is 10.8 Å². The van der Waals surface area contributed by atoms with Gasteiger partial charge in [-0.2, -0.15) is 11.8 Å². The molecule has 0 radical (unpaired) electrons. The molecule has 0 spiro atoms. The quantitative estimate of drug-likeness (QED) is 0.137. The highest BCUT2D eigenvalue weighted by Gasteiger charge is 2.30. The van der Waals surface area contributed by atoms with E-state index in [9.17, 15) is 29.4 Å². The number of carboxylic acids is 1. The fourth-order valence-corrected chi connectivity index (χ4v) is 2.89. The van der Waals surface area contributed by atoms with Crippen molar-refractivity contribution in [3.8, 4) is 0 Å². The predicted molar refractivity (Wildman–Crippen MR) is 111 cm³/mol. The van der Waals surface area contributed by atoms with E-state index >= 15 is 0 Å². The number of aromatic amines is 1. The molecule has 0 aliphatic rings. The van der Waals surface area contributed by atoms with Crippen LogP contribution in [0.15, 0.2) is 12.5 Å². The average Bonchev–Trinajstić information content (AvgIpc) is 3.26. The topological polar surface area (TPSA) is 220 Å². The van der Waals surface area contributed by atoms with E-state index in [0.717, 1.165) is 0 Å². The van der Waals surface area contributed by atoms with Gasteiger partial charge in [0.05, 0.1) is 19.5 Å². The first-order chi connectivity index (χ1) is 14.7. The Bertz CT molecular complexity index is 733. The first-order valence-electron chi connectivity index (χ1n) is 9.30. The van der Waals surface area contributed by atoms with Crippen molar-refractivity contribution in [2.45, 2.75) is 37.0 Å². The van der Waals surface area contributed by atoms with Crippen molar-refractivity contribution in [2.24, 2.45) is 5.73 Å². The number of aliphatic carboxylic acids is 1. The van der Waals surface area contributed by atoms with Gasteiger partial charge in [0.25, 0.3) is 0 Å². The van der Waals surface area contributed by atoms with Gasteiger partial charge < -0.3 is 42.0 Å². The number of aromatic nitrogens is 2. The molecule has 174 valence electrons. The SMILES string of the molecule is CSCCC(NC(=O)C(CO)NC(=O)C(Cc1cnc[nH]1)NC(=O)C(N)CO)C(=O)O. The van der Waals surface area contributed by atoms with E-state index in [1.54, 1.807) is 6.26 Å². The molecule has 0 saturated heterocycles. The maximum atomic E-state index is 12.7. The van der Waals surface area contributed by atoms with Gasteiger partial charge in [-0.15, -0.1) is 0 Å². The molecule has 0 bridgehead atoms. The Morgan fingerprint density at radius 3 is 2.19 bits per heavy atom. The van der Waals surface area contributed by atoms with Crippen molar-refractivity contribution in [3.05, 3.63) is 18.2 Å². The van der Waals surface area contributed by atoms with Crippen molar-refractivity contribution >= 4 is 35.5 Å². The highest BCUT2D eigenvalue weighted by molar-refractivity contribution is 7.98. The lowest BCUT2D eigenvalue weighted by Crippen LogP contribution is -2.58. The molecule has 0 fully saturated rings. The molecule has 14 heteroatoms. The highest BCUT2D eigenvalue weighted by Crippen LogP contribution is 2.03. The zero-order valence-corrected chi connectivity index (χ0v) is 17.7.